The van der Waals surface area contributed by atoms with Gasteiger partial charge in [0.05, 0.1) is 4.90 Å². The lowest BCUT2D eigenvalue weighted by Crippen LogP contribution is -2.52. The zero-order valence-corrected chi connectivity index (χ0v) is 14.8. The van der Waals surface area contributed by atoms with Crippen molar-refractivity contribution in [1.29, 1.82) is 0 Å². The Labute approximate surface area is 138 Å². The minimum Gasteiger partial charge on any atom is -0.312 e. The van der Waals surface area contributed by atoms with Gasteiger partial charge in [0.25, 0.3) is 0 Å². The Morgan fingerprint density at radius 2 is 2.09 bits per heavy atom. The molecule has 2 N–H and O–H groups in total. The molecule has 1 aromatic carbocycles. The van der Waals surface area contributed by atoms with Crippen molar-refractivity contribution in [1.82, 2.24) is 10.0 Å². The number of rotatable bonds is 4. The maximum absolute atomic E-state index is 13.3. The summed E-state index contributed by atoms with van der Waals surface area (Å²) >= 11 is 0. The summed E-state index contributed by atoms with van der Waals surface area (Å²) in [6.07, 6.45) is 2.16. The van der Waals surface area contributed by atoms with Crippen LogP contribution in [0.15, 0.2) is 23.1 Å². The Morgan fingerprint density at radius 3 is 2.73 bits per heavy atom. The van der Waals surface area contributed by atoms with Crippen LogP contribution in [0.3, 0.4) is 0 Å². The third-order valence-electron chi connectivity index (χ3n) is 4.25. The van der Waals surface area contributed by atoms with Gasteiger partial charge < -0.3 is 5.32 Å². The number of piperidine rings is 1. The van der Waals surface area contributed by atoms with E-state index in [2.05, 4.69) is 23.9 Å². The molecule has 1 saturated heterocycles. The molecule has 1 atom stereocenters. The topological polar surface area (TPSA) is 58.2 Å². The van der Waals surface area contributed by atoms with E-state index in [4.69, 9.17) is 0 Å². The highest BCUT2D eigenvalue weighted by Crippen LogP contribution is 2.30. The van der Waals surface area contributed by atoms with Crippen molar-refractivity contribution in [3.63, 3.8) is 0 Å². The van der Waals surface area contributed by atoms with Crippen LogP contribution < -0.4 is 10.0 Å². The fourth-order valence-corrected chi connectivity index (χ4v) is 4.05. The molecule has 1 fully saturated rings. The summed E-state index contributed by atoms with van der Waals surface area (Å²) in [7, 11) is -3.69. The van der Waals surface area contributed by atoms with Crippen LogP contribution in [0, 0.1) is 18.2 Å². The summed E-state index contributed by atoms with van der Waals surface area (Å²) in [4.78, 5) is 0.0103. The third-order valence-corrected chi connectivity index (χ3v) is 5.81. The lowest BCUT2D eigenvalue weighted by atomic mass is 9.78. The molecule has 0 aromatic heterocycles. The molecule has 7 heteroatoms. The lowest BCUT2D eigenvalue weighted by Gasteiger charge is -2.39. The number of sulfonamides is 1. The predicted octanol–water partition coefficient (Wildman–Crippen LogP) is 2.61. The fourth-order valence-electron chi connectivity index (χ4n) is 2.75. The largest absolute Gasteiger partial charge is 0.312 e. The Hall–Kier alpha value is -0.690. The monoisotopic (exact) mass is 350 g/mol. The quantitative estimate of drug-likeness (QED) is 0.877. The van der Waals surface area contributed by atoms with Crippen molar-refractivity contribution in [2.45, 2.75) is 44.6 Å². The molecule has 0 radical (unpaired) electrons. The minimum absolute atomic E-state index is 0. The van der Waals surface area contributed by atoms with Crippen LogP contribution in [-0.4, -0.2) is 27.5 Å². The van der Waals surface area contributed by atoms with Crippen molar-refractivity contribution >= 4 is 22.4 Å². The van der Waals surface area contributed by atoms with E-state index >= 15 is 0 Å². The molecule has 0 amide bonds. The second-order valence-electron chi connectivity index (χ2n) is 6.36. The minimum atomic E-state index is -3.69. The van der Waals surface area contributed by atoms with Crippen molar-refractivity contribution in [2.75, 3.05) is 13.1 Å². The standard InChI is InChI=1S/C15H23FN2O2S.ClH/c1-11-5-6-12(16)9-13(11)21(19,20)18-10-14-15(2,3)7-4-8-17-14;/h5-6,9,14,17-18H,4,7-8,10H2,1-3H3;1H. The molecular formula is C15H24ClFN2O2S. The van der Waals surface area contributed by atoms with Crippen LogP contribution in [0.25, 0.3) is 0 Å². The second kappa shape index (κ2) is 7.25. The van der Waals surface area contributed by atoms with Gasteiger partial charge in [-0.15, -0.1) is 12.4 Å². The van der Waals surface area contributed by atoms with Crippen LogP contribution in [-0.2, 0) is 10.0 Å². The van der Waals surface area contributed by atoms with Gasteiger partial charge >= 0.3 is 0 Å². The van der Waals surface area contributed by atoms with Gasteiger partial charge in [-0.2, -0.15) is 0 Å². The molecule has 1 aliphatic heterocycles. The van der Waals surface area contributed by atoms with Crippen LogP contribution in [0.2, 0.25) is 0 Å². The van der Waals surface area contributed by atoms with Crippen LogP contribution in [0.1, 0.15) is 32.3 Å². The zero-order chi connectivity index (χ0) is 15.7. The van der Waals surface area contributed by atoms with Gasteiger partial charge in [0.1, 0.15) is 5.82 Å². The Morgan fingerprint density at radius 1 is 1.41 bits per heavy atom. The number of halogens is 2. The summed E-state index contributed by atoms with van der Waals surface area (Å²) in [6, 6.07) is 3.89. The van der Waals surface area contributed by atoms with E-state index in [1.54, 1.807) is 6.92 Å². The van der Waals surface area contributed by atoms with E-state index in [1.165, 1.54) is 12.1 Å². The summed E-state index contributed by atoms with van der Waals surface area (Å²) in [6.45, 7) is 7.13. The van der Waals surface area contributed by atoms with Gasteiger partial charge in [-0.1, -0.05) is 19.9 Å². The molecule has 1 aliphatic rings. The highest BCUT2D eigenvalue weighted by molar-refractivity contribution is 7.89. The van der Waals surface area contributed by atoms with Gasteiger partial charge in [0.2, 0.25) is 10.0 Å². The summed E-state index contributed by atoms with van der Waals surface area (Å²) in [5, 5.41) is 3.36. The maximum atomic E-state index is 13.3. The molecule has 1 heterocycles. The van der Waals surface area contributed by atoms with Crippen LogP contribution in [0.4, 0.5) is 4.39 Å². The summed E-state index contributed by atoms with van der Waals surface area (Å²) < 4.78 is 40.6. The average molecular weight is 351 g/mol. The maximum Gasteiger partial charge on any atom is 0.240 e. The van der Waals surface area contributed by atoms with E-state index in [0.717, 1.165) is 25.5 Å². The third kappa shape index (κ3) is 4.41. The first-order valence-corrected chi connectivity index (χ1v) is 8.70. The number of benzene rings is 1. The second-order valence-corrected chi connectivity index (χ2v) is 8.10. The molecule has 2 rings (SSSR count). The van der Waals surface area contributed by atoms with E-state index in [0.29, 0.717) is 12.1 Å². The highest BCUT2D eigenvalue weighted by atomic mass is 35.5. The normalized spacial score (nSPS) is 21.2. The smallest absolute Gasteiger partial charge is 0.240 e. The fraction of sp³-hybridized carbons (Fsp3) is 0.600. The van der Waals surface area contributed by atoms with Crippen molar-refractivity contribution < 1.29 is 12.8 Å². The SMILES string of the molecule is Cc1ccc(F)cc1S(=O)(=O)NCC1NCCCC1(C)C.Cl. The Bertz CT molecular complexity index is 620. The van der Waals surface area contributed by atoms with Crippen molar-refractivity contribution in [3.8, 4) is 0 Å². The molecule has 1 aromatic rings. The first-order valence-electron chi connectivity index (χ1n) is 7.21. The molecule has 0 bridgehead atoms. The average Bonchev–Trinajstić information content (AvgIpc) is 2.39. The van der Waals surface area contributed by atoms with Gasteiger partial charge in [-0.25, -0.2) is 17.5 Å². The van der Waals surface area contributed by atoms with Gasteiger partial charge in [0.15, 0.2) is 0 Å². The van der Waals surface area contributed by atoms with Crippen LogP contribution in [0.5, 0.6) is 0 Å². The Balaban J connectivity index is 0.00000242. The van der Waals surface area contributed by atoms with Crippen molar-refractivity contribution in [2.24, 2.45) is 5.41 Å². The molecule has 0 aliphatic carbocycles. The molecule has 4 nitrogen and oxygen atoms in total. The first-order chi connectivity index (χ1) is 9.72. The number of aryl methyl sites for hydroxylation is 1. The predicted molar refractivity (Wildman–Crippen MR) is 88.4 cm³/mol. The molecule has 22 heavy (non-hydrogen) atoms. The molecule has 0 spiro atoms. The highest BCUT2D eigenvalue weighted by Gasteiger charge is 2.32. The molecular weight excluding hydrogens is 327 g/mol. The zero-order valence-electron chi connectivity index (χ0n) is 13.1. The molecule has 0 saturated carbocycles. The first kappa shape index (κ1) is 19.4. The van der Waals surface area contributed by atoms with Crippen molar-refractivity contribution in [3.05, 3.63) is 29.6 Å². The molecule has 1 unspecified atom stereocenters. The number of nitrogens with one attached hydrogen (secondary N) is 2. The molecule has 126 valence electrons. The number of hydrogen-bond acceptors (Lipinski definition) is 3. The summed E-state index contributed by atoms with van der Waals surface area (Å²) in [5.74, 6) is -0.544. The van der Waals surface area contributed by atoms with Gasteiger partial charge in [-0.05, 0) is 49.4 Å². The Kier molecular flexibility index (Phi) is 6.38. The van der Waals surface area contributed by atoms with E-state index in [1.807, 2.05) is 0 Å². The van der Waals surface area contributed by atoms with Crippen LogP contribution >= 0.6 is 12.4 Å². The lowest BCUT2D eigenvalue weighted by molar-refractivity contribution is 0.181. The van der Waals surface area contributed by atoms with Gasteiger partial charge in [-0.3, -0.25) is 0 Å². The summed E-state index contributed by atoms with van der Waals surface area (Å²) in [5.41, 5.74) is 0.581. The van der Waals surface area contributed by atoms with Gasteiger partial charge in [0, 0.05) is 12.6 Å². The van der Waals surface area contributed by atoms with E-state index in [9.17, 15) is 12.8 Å². The van der Waals surface area contributed by atoms with E-state index in [-0.39, 0.29) is 28.8 Å². The number of hydrogen-bond donors (Lipinski definition) is 2. The van der Waals surface area contributed by atoms with E-state index < -0.39 is 15.8 Å².